The molecule has 2 nitrogen and oxygen atoms in total. The van der Waals surface area contributed by atoms with E-state index in [4.69, 9.17) is 16.3 Å². The molecule has 2 atom stereocenters. The van der Waals surface area contributed by atoms with E-state index >= 15 is 0 Å². The Morgan fingerprint density at radius 2 is 1.70 bits per heavy atom. The molecule has 20 heavy (non-hydrogen) atoms. The maximum absolute atomic E-state index is 6.31. The second-order valence-electron chi connectivity index (χ2n) is 4.87. The third-order valence-electron chi connectivity index (χ3n) is 3.46. The van der Waals surface area contributed by atoms with Gasteiger partial charge in [0.15, 0.2) is 0 Å². The van der Waals surface area contributed by atoms with Gasteiger partial charge in [-0.2, -0.15) is 0 Å². The minimum Gasteiger partial charge on any atom is -0.484 e. The Morgan fingerprint density at radius 1 is 1.00 bits per heavy atom. The fraction of sp³-hybridized carbons (Fsp3) is 0.294. The molecule has 2 unspecified atom stereocenters. The Kier molecular flexibility index (Phi) is 5.05. The largest absolute Gasteiger partial charge is 0.484 e. The summed E-state index contributed by atoms with van der Waals surface area (Å²) in [6.07, 6.45) is -0.0266. The molecule has 3 heteroatoms. The van der Waals surface area contributed by atoms with Crippen LogP contribution in [0, 0.1) is 0 Å². The predicted octanol–water partition coefficient (Wildman–Crippen LogP) is 4.76. The molecule has 0 fully saturated rings. The lowest BCUT2D eigenvalue weighted by molar-refractivity contribution is 0.227. The van der Waals surface area contributed by atoms with Gasteiger partial charge in [-0.3, -0.25) is 0 Å². The third-order valence-corrected chi connectivity index (χ3v) is 3.76. The molecule has 0 aliphatic rings. The number of rotatable bonds is 5. The van der Waals surface area contributed by atoms with E-state index in [1.807, 2.05) is 50.4 Å². The molecule has 0 aliphatic carbocycles. The fourth-order valence-corrected chi connectivity index (χ4v) is 2.26. The van der Waals surface area contributed by atoms with Crippen LogP contribution in [-0.2, 0) is 0 Å². The number of ether oxygens (including phenoxy) is 1. The van der Waals surface area contributed by atoms with Gasteiger partial charge < -0.3 is 10.1 Å². The van der Waals surface area contributed by atoms with Crippen LogP contribution in [-0.4, -0.2) is 7.05 Å². The lowest BCUT2D eigenvalue weighted by atomic mass is 10.1. The van der Waals surface area contributed by atoms with Crippen LogP contribution in [0.1, 0.15) is 37.1 Å². The quantitative estimate of drug-likeness (QED) is 0.857. The number of hydrogen-bond donors (Lipinski definition) is 1. The predicted molar refractivity (Wildman–Crippen MR) is 84.4 cm³/mol. The lowest BCUT2D eigenvalue weighted by Crippen LogP contribution is -2.12. The second-order valence-corrected chi connectivity index (χ2v) is 5.28. The maximum atomic E-state index is 6.31. The van der Waals surface area contributed by atoms with Crippen LogP contribution in [0.2, 0.25) is 5.02 Å². The molecule has 0 aromatic heterocycles. The van der Waals surface area contributed by atoms with Gasteiger partial charge in [-0.15, -0.1) is 0 Å². The fourth-order valence-electron chi connectivity index (χ4n) is 2.03. The lowest BCUT2D eigenvalue weighted by Gasteiger charge is -2.18. The Bertz CT molecular complexity index is 556. The smallest absolute Gasteiger partial charge is 0.138 e. The van der Waals surface area contributed by atoms with E-state index in [-0.39, 0.29) is 12.1 Å². The van der Waals surface area contributed by atoms with E-state index < -0.39 is 0 Å². The van der Waals surface area contributed by atoms with E-state index in [0.29, 0.717) is 5.02 Å². The second kappa shape index (κ2) is 6.78. The molecule has 2 aromatic carbocycles. The van der Waals surface area contributed by atoms with Gasteiger partial charge >= 0.3 is 0 Å². The molecule has 0 saturated carbocycles. The molecule has 106 valence electrons. The van der Waals surface area contributed by atoms with Gasteiger partial charge in [0.1, 0.15) is 11.9 Å². The van der Waals surface area contributed by atoms with Crippen molar-refractivity contribution in [3.05, 3.63) is 64.7 Å². The molecule has 2 rings (SSSR count). The van der Waals surface area contributed by atoms with Gasteiger partial charge in [0.2, 0.25) is 0 Å². The van der Waals surface area contributed by atoms with Crippen LogP contribution in [0.5, 0.6) is 5.75 Å². The highest BCUT2D eigenvalue weighted by Crippen LogP contribution is 2.31. The first-order valence-corrected chi connectivity index (χ1v) is 7.18. The van der Waals surface area contributed by atoms with Crippen molar-refractivity contribution in [3.8, 4) is 5.75 Å². The topological polar surface area (TPSA) is 21.3 Å². The number of halogens is 1. The molecule has 0 bridgehead atoms. The Labute approximate surface area is 125 Å². The zero-order chi connectivity index (χ0) is 14.5. The average molecular weight is 290 g/mol. The SMILES string of the molecule is CNC(C)c1ccc(OC(C)c2ccccc2)c(Cl)c1. The van der Waals surface area contributed by atoms with Crippen molar-refractivity contribution < 1.29 is 4.74 Å². The molecule has 0 saturated heterocycles. The van der Waals surface area contributed by atoms with Crippen molar-refractivity contribution in [2.45, 2.75) is 26.0 Å². The van der Waals surface area contributed by atoms with Crippen LogP contribution in [0.15, 0.2) is 48.5 Å². The maximum Gasteiger partial charge on any atom is 0.138 e. The first-order valence-electron chi connectivity index (χ1n) is 6.80. The minimum atomic E-state index is -0.0266. The number of benzene rings is 2. The third kappa shape index (κ3) is 3.53. The van der Waals surface area contributed by atoms with Crippen molar-refractivity contribution in [1.82, 2.24) is 5.32 Å². The van der Waals surface area contributed by atoms with Crippen LogP contribution in [0.4, 0.5) is 0 Å². The summed E-state index contributed by atoms with van der Waals surface area (Å²) in [5.74, 6) is 0.718. The molecule has 0 amide bonds. The van der Waals surface area contributed by atoms with E-state index in [9.17, 15) is 0 Å². The van der Waals surface area contributed by atoms with Crippen LogP contribution in [0.25, 0.3) is 0 Å². The first kappa shape index (κ1) is 14.9. The Morgan fingerprint density at radius 3 is 2.30 bits per heavy atom. The summed E-state index contributed by atoms with van der Waals surface area (Å²) in [6.45, 7) is 4.12. The van der Waals surface area contributed by atoms with Crippen molar-refractivity contribution in [2.75, 3.05) is 7.05 Å². The summed E-state index contributed by atoms with van der Waals surface area (Å²) in [5.41, 5.74) is 2.29. The summed E-state index contributed by atoms with van der Waals surface area (Å²) in [5, 5.41) is 3.84. The first-order chi connectivity index (χ1) is 9.61. The van der Waals surface area contributed by atoms with E-state index in [1.165, 1.54) is 0 Å². The van der Waals surface area contributed by atoms with Crippen molar-refractivity contribution in [3.63, 3.8) is 0 Å². The molecule has 0 radical (unpaired) electrons. The van der Waals surface area contributed by atoms with Gasteiger partial charge in [-0.1, -0.05) is 48.0 Å². The van der Waals surface area contributed by atoms with Gasteiger partial charge in [0.05, 0.1) is 5.02 Å². The highest BCUT2D eigenvalue weighted by Gasteiger charge is 2.11. The molecular formula is C17H20ClNO. The highest BCUT2D eigenvalue weighted by molar-refractivity contribution is 6.32. The number of hydrogen-bond acceptors (Lipinski definition) is 2. The van der Waals surface area contributed by atoms with Crippen LogP contribution in [0.3, 0.4) is 0 Å². The van der Waals surface area contributed by atoms with Crippen molar-refractivity contribution in [2.24, 2.45) is 0 Å². The van der Waals surface area contributed by atoms with E-state index in [0.717, 1.165) is 16.9 Å². The van der Waals surface area contributed by atoms with E-state index in [2.05, 4.69) is 24.4 Å². The monoisotopic (exact) mass is 289 g/mol. The van der Waals surface area contributed by atoms with Crippen LogP contribution >= 0.6 is 11.6 Å². The van der Waals surface area contributed by atoms with E-state index in [1.54, 1.807) is 0 Å². The van der Waals surface area contributed by atoms with Crippen LogP contribution < -0.4 is 10.1 Å². The molecule has 0 heterocycles. The standard InChI is InChI=1S/C17H20ClNO/c1-12(19-3)15-9-10-17(16(18)11-15)20-13(2)14-7-5-4-6-8-14/h4-13,19H,1-3H3. The summed E-state index contributed by atoms with van der Waals surface area (Å²) < 4.78 is 5.95. The Hall–Kier alpha value is -1.51. The Balaban J connectivity index is 2.14. The van der Waals surface area contributed by atoms with Gasteiger partial charge in [0, 0.05) is 6.04 Å². The molecule has 0 aliphatic heterocycles. The van der Waals surface area contributed by atoms with Gasteiger partial charge in [0.25, 0.3) is 0 Å². The summed E-state index contributed by atoms with van der Waals surface area (Å²) in [7, 11) is 1.93. The highest BCUT2D eigenvalue weighted by atomic mass is 35.5. The molecular weight excluding hydrogens is 270 g/mol. The average Bonchev–Trinajstić information content (AvgIpc) is 2.49. The normalized spacial score (nSPS) is 13.8. The summed E-state index contributed by atoms with van der Waals surface area (Å²) in [6, 6.07) is 16.3. The molecule has 0 spiro atoms. The zero-order valence-electron chi connectivity index (χ0n) is 12.1. The van der Waals surface area contributed by atoms with Gasteiger partial charge in [-0.05, 0) is 44.2 Å². The summed E-state index contributed by atoms with van der Waals surface area (Å²) >= 11 is 6.31. The molecule has 2 aromatic rings. The summed E-state index contributed by atoms with van der Waals surface area (Å²) in [4.78, 5) is 0. The van der Waals surface area contributed by atoms with Gasteiger partial charge in [-0.25, -0.2) is 0 Å². The minimum absolute atomic E-state index is 0.0266. The van der Waals surface area contributed by atoms with Crippen molar-refractivity contribution in [1.29, 1.82) is 0 Å². The zero-order valence-corrected chi connectivity index (χ0v) is 12.8. The number of nitrogens with one attached hydrogen (secondary N) is 1. The molecule has 1 N–H and O–H groups in total. The van der Waals surface area contributed by atoms with Crippen molar-refractivity contribution >= 4 is 11.6 Å².